The summed E-state index contributed by atoms with van der Waals surface area (Å²) in [4.78, 5) is 27.7. The van der Waals surface area contributed by atoms with E-state index >= 15 is 0 Å². The molecule has 0 saturated carbocycles. The molecule has 4 rings (SSSR count). The van der Waals surface area contributed by atoms with Gasteiger partial charge in [-0.3, -0.25) is 4.79 Å². The molecule has 0 spiro atoms. The molecule has 0 bridgehead atoms. The predicted octanol–water partition coefficient (Wildman–Crippen LogP) is 2.53. The first-order valence-corrected chi connectivity index (χ1v) is 18.6. The molecule has 308 valence electrons. The number of fused-ring (bicyclic) bond motifs is 2. The third kappa shape index (κ3) is 16.6. The zero-order chi connectivity index (χ0) is 39.5. The van der Waals surface area contributed by atoms with Gasteiger partial charge >= 0.3 is 0 Å². The highest BCUT2D eigenvalue weighted by Gasteiger charge is 2.18. The normalized spacial score (nSPS) is 11.4. The Bertz CT molecular complexity index is 1750. The van der Waals surface area contributed by atoms with Crippen LogP contribution < -0.4 is 16.8 Å². The fraction of sp³-hybridized carbons (Fsp3) is 0.629. The molecule has 0 fully saturated rings. The topological polar surface area (TPSA) is 273 Å². The van der Waals surface area contributed by atoms with Crippen molar-refractivity contribution in [3.05, 3.63) is 35.0 Å². The van der Waals surface area contributed by atoms with Gasteiger partial charge in [0.1, 0.15) is 23.4 Å². The van der Waals surface area contributed by atoms with Crippen LogP contribution in [0.4, 0.5) is 11.8 Å². The number of carbonyl (C=O) groups excluding carboxylic acids is 1. The number of hydrogen-bond acceptors (Lipinski definition) is 17. The van der Waals surface area contributed by atoms with Gasteiger partial charge in [-0.05, 0) is 36.6 Å². The first kappa shape index (κ1) is 44.0. The van der Waals surface area contributed by atoms with Crippen LogP contribution in [0.25, 0.3) is 43.8 Å². The number of nitrogens with one attached hydrogen (secondary N) is 1. The molecule has 4 aromatic rings. The number of unbranched alkanes of at least 4 members (excludes halogenated alkanes) is 1. The Morgan fingerprint density at radius 1 is 0.786 bits per heavy atom. The Kier molecular flexibility index (Phi) is 21.2. The Morgan fingerprint density at radius 3 is 1.95 bits per heavy atom. The summed E-state index contributed by atoms with van der Waals surface area (Å²) < 4.78 is 50.7. The van der Waals surface area contributed by atoms with Crippen LogP contribution in [0.1, 0.15) is 19.3 Å². The predicted molar refractivity (Wildman–Crippen MR) is 205 cm³/mol. The fourth-order valence-corrected chi connectivity index (χ4v) is 5.14. The minimum Gasteiger partial charge on any atom is -0.424 e. The van der Waals surface area contributed by atoms with Crippen molar-refractivity contribution in [2.45, 2.75) is 25.8 Å². The molecule has 3 aromatic heterocycles. The highest BCUT2D eigenvalue weighted by molar-refractivity contribution is 5.99. The zero-order valence-corrected chi connectivity index (χ0v) is 31.7. The summed E-state index contributed by atoms with van der Waals surface area (Å²) in [6.07, 6.45) is 3.20. The molecular formula is C35H53N11O10. The quantitative estimate of drug-likeness (QED) is 0.0271. The van der Waals surface area contributed by atoms with Crippen LogP contribution in [0.3, 0.4) is 0 Å². The smallest absolute Gasteiger partial charge is 0.292 e. The second-order valence-electron chi connectivity index (χ2n) is 11.9. The summed E-state index contributed by atoms with van der Waals surface area (Å²) in [6.45, 7) is 8.47. The Balaban J connectivity index is 0.898. The second-order valence-corrected chi connectivity index (χ2v) is 11.9. The molecule has 56 heavy (non-hydrogen) atoms. The number of nitrogens with two attached hydrogens (primary N) is 2. The lowest BCUT2D eigenvalue weighted by atomic mass is 10.1. The van der Waals surface area contributed by atoms with Gasteiger partial charge in [-0.2, -0.15) is 10.1 Å². The van der Waals surface area contributed by atoms with E-state index in [0.29, 0.717) is 159 Å². The maximum atomic E-state index is 12.2. The Hall–Kier alpha value is -4.70. The van der Waals surface area contributed by atoms with Crippen LogP contribution in [0, 0.1) is 0 Å². The van der Waals surface area contributed by atoms with Gasteiger partial charge in [0.05, 0.1) is 111 Å². The lowest BCUT2D eigenvalue weighted by molar-refractivity contribution is -0.122. The van der Waals surface area contributed by atoms with Crippen LogP contribution >= 0.6 is 0 Å². The van der Waals surface area contributed by atoms with Gasteiger partial charge in [0.15, 0.2) is 11.2 Å². The highest BCUT2D eigenvalue weighted by Crippen LogP contribution is 2.32. The van der Waals surface area contributed by atoms with Crippen molar-refractivity contribution in [3.8, 4) is 11.3 Å². The van der Waals surface area contributed by atoms with E-state index in [4.69, 9.17) is 64.4 Å². The Morgan fingerprint density at radius 2 is 1.36 bits per heavy atom. The molecule has 0 aliphatic carbocycles. The summed E-state index contributed by atoms with van der Waals surface area (Å²) in [6, 6.07) is 5.60. The number of hydrogen-bond donors (Lipinski definition) is 3. The average molecular weight is 788 g/mol. The molecule has 1 aromatic carbocycles. The molecule has 21 heteroatoms. The van der Waals surface area contributed by atoms with Crippen LogP contribution in [-0.2, 0) is 49.2 Å². The Labute approximate surface area is 324 Å². The van der Waals surface area contributed by atoms with Crippen LogP contribution in [0.5, 0.6) is 0 Å². The number of azide groups is 1. The highest BCUT2D eigenvalue weighted by atomic mass is 16.6. The van der Waals surface area contributed by atoms with Gasteiger partial charge in [-0.1, -0.05) is 5.11 Å². The molecule has 0 atom stereocenters. The van der Waals surface area contributed by atoms with Crippen LogP contribution in [0.2, 0.25) is 0 Å². The van der Waals surface area contributed by atoms with E-state index in [-0.39, 0.29) is 18.3 Å². The van der Waals surface area contributed by atoms with E-state index < -0.39 is 0 Å². The van der Waals surface area contributed by atoms with Crippen molar-refractivity contribution in [1.82, 2.24) is 30.0 Å². The summed E-state index contributed by atoms with van der Waals surface area (Å²) >= 11 is 0. The largest absolute Gasteiger partial charge is 0.424 e. The minimum atomic E-state index is -0.0729. The molecule has 1 amide bonds. The molecule has 0 saturated heterocycles. The number of anilines is 2. The number of amides is 1. The van der Waals surface area contributed by atoms with Gasteiger partial charge in [-0.15, -0.1) is 0 Å². The number of aromatic nitrogens is 5. The third-order valence-electron chi connectivity index (χ3n) is 7.83. The van der Waals surface area contributed by atoms with Crippen molar-refractivity contribution in [3.63, 3.8) is 0 Å². The number of ether oxygens (including phenoxy) is 8. The summed E-state index contributed by atoms with van der Waals surface area (Å²) in [5, 5.41) is 11.8. The van der Waals surface area contributed by atoms with Gasteiger partial charge in [0.2, 0.25) is 5.91 Å². The lowest BCUT2D eigenvalue weighted by Gasteiger charge is -2.09. The third-order valence-corrected chi connectivity index (χ3v) is 7.83. The minimum absolute atomic E-state index is 0.0729. The van der Waals surface area contributed by atoms with Gasteiger partial charge in [0, 0.05) is 36.5 Å². The van der Waals surface area contributed by atoms with Gasteiger partial charge in [-0.25, -0.2) is 14.6 Å². The molecule has 0 aliphatic heterocycles. The standard InChI is InChI=1S/C35H53N11O10/c36-33-31-32(27-3-4-29-28(25-27)43-35(37)56-29)44-46(34(31)41-26-40-33)8-2-1-6-39-30(47)5-9-48-11-13-50-15-17-52-19-21-54-23-24-55-22-20-53-18-16-51-14-12-49-10-7-42-45-38/h3-4,25-26H,1-2,5-24H2,(H2,37,43)(H,39,47)(H2,36,40,41). The summed E-state index contributed by atoms with van der Waals surface area (Å²) in [5.74, 6) is 0.263. The van der Waals surface area contributed by atoms with Crippen LogP contribution in [0.15, 0.2) is 34.1 Å². The van der Waals surface area contributed by atoms with E-state index in [9.17, 15) is 4.79 Å². The van der Waals surface area contributed by atoms with Crippen molar-refractivity contribution in [2.24, 2.45) is 5.11 Å². The van der Waals surface area contributed by atoms with E-state index in [1.54, 1.807) is 6.07 Å². The molecule has 21 nitrogen and oxygen atoms in total. The number of oxazole rings is 1. The molecular weight excluding hydrogens is 734 g/mol. The van der Waals surface area contributed by atoms with Crippen molar-refractivity contribution in [2.75, 3.05) is 130 Å². The molecule has 0 unspecified atom stereocenters. The molecule has 0 aliphatic rings. The van der Waals surface area contributed by atoms with Crippen molar-refractivity contribution in [1.29, 1.82) is 0 Å². The van der Waals surface area contributed by atoms with Gasteiger partial charge < -0.3 is 59.1 Å². The van der Waals surface area contributed by atoms with E-state index in [2.05, 4.69) is 30.3 Å². The maximum Gasteiger partial charge on any atom is 0.292 e. The number of aryl methyl sites for hydroxylation is 1. The second kappa shape index (κ2) is 27.0. The summed E-state index contributed by atoms with van der Waals surface area (Å²) in [5.41, 5.74) is 23.4. The molecule has 0 radical (unpaired) electrons. The number of nitrogen functional groups attached to an aromatic ring is 2. The number of nitrogens with zero attached hydrogens (tertiary/aromatic N) is 8. The first-order valence-electron chi connectivity index (χ1n) is 18.6. The van der Waals surface area contributed by atoms with Crippen molar-refractivity contribution >= 4 is 39.9 Å². The van der Waals surface area contributed by atoms with E-state index in [1.807, 2.05) is 16.8 Å². The lowest BCUT2D eigenvalue weighted by Crippen LogP contribution is -2.26. The van der Waals surface area contributed by atoms with Crippen LogP contribution in [-0.4, -0.2) is 149 Å². The maximum absolute atomic E-state index is 12.2. The average Bonchev–Trinajstić information content (AvgIpc) is 3.77. The zero-order valence-electron chi connectivity index (χ0n) is 31.7. The monoisotopic (exact) mass is 787 g/mol. The van der Waals surface area contributed by atoms with E-state index in [0.717, 1.165) is 18.4 Å². The summed E-state index contributed by atoms with van der Waals surface area (Å²) in [7, 11) is 0. The number of carbonyl (C=O) groups is 1. The van der Waals surface area contributed by atoms with E-state index in [1.165, 1.54) is 6.33 Å². The fourth-order valence-electron chi connectivity index (χ4n) is 5.14. The van der Waals surface area contributed by atoms with Crippen molar-refractivity contribution < 1.29 is 47.1 Å². The number of benzene rings is 1. The first-order chi connectivity index (χ1) is 27.6. The molecule has 3 heterocycles. The molecule has 5 N–H and O–H groups in total. The number of rotatable bonds is 33. The SMILES string of the molecule is [N-]=[N+]=NCCOCCOCCOCCOCCOCCOCCOCCOCCC(=O)NCCCCn1nc(-c2ccc3oc(N)nc3c2)c2c(N)ncnc21. The van der Waals surface area contributed by atoms with Gasteiger partial charge in [0.25, 0.3) is 6.01 Å².